The highest BCUT2D eigenvalue weighted by atomic mass is 19.1. The topological polar surface area (TPSA) is 9.23 Å². The molecule has 34 heavy (non-hydrogen) atoms. The highest BCUT2D eigenvalue weighted by Crippen LogP contribution is 2.18. The van der Waals surface area contributed by atoms with Gasteiger partial charge in [0.05, 0.1) is 12.2 Å². The standard InChI is InChI=1S/C31H30F2O/c1-3-5-7-8-24-9-11-25(12-10-24)13-14-26-15-18-28(29(32)22-26)19-16-27-17-20-31(30(33)23-27)34-21-6-4-2/h9-12,15,17-18,20,22-23H,3-8,21H2,1-2H3. The van der Waals surface area contributed by atoms with Crippen molar-refractivity contribution in [3.63, 3.8) is 0 Å². The summed E-state index contributed by atoms with van der Waals surface area (Å²) in [6, 6.07) is 17.5. The van der Waals surface area contributed by atoms with E-state index >= 15 is 0 Å². The summed E-state index contributed by atoms with van der Waals surface area (Å²) in [5.41, 5.74) is 3.49. The lowest BCUT2D eigenvalue weighted by Gasteiger charge is -2.06. The Labute approximate surface area is 202 Å². The first-order valence-electron chi connectivity index (χ1n) is 11.9. The van der Waals surface area contributed by atoms with E-state index in [2.05, 4.69) is 42.7 Å². The van der Waals surface area contributed by atoms with E-state index in [0.717, 1.165) is 24.8 Å². The highest BCUT2D eigenvalue weighted by molar-refractivity contribution is 5.49. The second kappa shape index (κ2) is 13.2. The van der Waals surface area contributed by atoms with Crippen molar-refractivity contribution in [3.05, 3.63) is 100 Å². The lowest BCUT2D eigenvalue weighted by atomic mass is 10.1. The molecule has 0 atom stereocenters. The molecular weight excluding hydrogens is 426 g/mol. The third-order valence-corrected chi connectivity index (χ3v) is 5.37. The van der Waals surface area contributed by atoms with E-state index in [-0.39, 0.29) is 11.3 Å². The molecule has 3 aromatic rings. The summed E-state index contributed by atoms with van der Waals surface area (Å²) in [6.07, 6.45) is 6.58. The molecule has 174 valence electrons. The van der Waals surface area contributed by atoms with Crippen molar-refractivity contribution in [2.24, 2.45) is 0 Å². The number of unbranched alkanes of at least 4 members (excludes halogenated alkanes) is 3. The monoisotopic (exact) mass is 456 g/mol. The zero-order chi connectivity index (χ0) is 24.2. The number of ether oxygens (including phenoxy) is 1. The van der Waals surface area contributed by atoms with Crippen LogP contribution in [-0.2, 0) is 6.42 Å². The molecule has 0 N–H and O–H groups in total. The second-order valence-electron chi connectivity index (χ2n) is 8.20. The Balaban J connectivity index is 1.64. The average Bonchev–Trinajstić information content (AvgIpc) is 2.84. The van der Waals surface area contributed by atoms with Crippen LogP contribution in [0.1, 0.15) is 73.8 Å². The van der Waals surface area contributed by atoms with Crippen molar-refractivity contribution in [2.45, 2.75) is 52.4 Å². The first kappa shape index (κ1) is 25.1. The van der Waals surface area contributed by atoms with E-state index < -0.39 is 11.6 Å². The number of rotatable bonds is 8. The van der Waals surface area contributed by atoms with Gasteiger partial charge in [-0.15, -0.1) is 0 Å². The van der Waals surface area contributed by atoms with Gasteiger partial charge in [0.1, 0.15) is 5.82 Å². The molecule has 1 nitrogen and oxygen atoms in total. The lowest BCUT2D eigenvalue weighted by Crippen LogP contribution is -1.98. The Morgan fingerprint density at radius 2 is 1.26 bits per heavy atom. The SMILES string of the molecule is CCCCCc1ccc(C#Cc2ccc(C#Cc3ccc(OCCCC)c(F)c3)c(F)c2)cc1. The maximum Gasteiger partial charge on any atom is 0.166 e. The van der Waals surface area contributed by atoms with Gasteiger partial charge in [0.15, 0.2) is 11.6 Å². The molecule has 0 bridgehead atoms. The van der Waals surface area contributed by atoms with E-state index in [0.29, 0.717) is 17.7 Å². The van der Waals surface area contributed by atoms with Crippen LogP contribution in [0.25, 0.3) is 0 Å². The molecule has 0 saturated heterocycles. The largest absolute Gasteiger partial charge is 0.491 e. The van der Waals surface area contributed by atoms with E-state index in [9.17, 15) is 8.78 Å². The van der Waals surface area contributed by atoms with Crippen LogP contribution in [0.3, 0.4) is 0 Å². The van der Waals surface area contributed by atoms with Crippen LogP contribution >= 0.6 is 0 Å². The summed E-state index contributed by atoms with van der Waals surface area (Å²) in [5.74, 6) is 11.0. The van der Waals surface area contributed by atoms with Crippen molar-refractivity contribution in [3.8, 4) is 29.4 Å². The van der Waals surface area contributed by atoms with Gasteiger partial charge in [0, 0.05) is 16.7 Å². The van der Waals surface area contributed by atoms with Gasteiger partial charge < -0.3 is 4.74 Å². The van der Waals surface area contributed by atoms with Crippen LogP contribution in [0.4, 0.5) is 8.78 Å². The molecule has 0 saturated carbocycles. The zero-order valence-electron chi connectivity index (χ0n) is 19.9. The van der Waals surface area contributed by atoms with Crippen molar-refractivity contribution in [2.75, 3.05) is 6.61 Å². The molecule has 0 amide bonds. The summed E-state index contributed by atoms with van der Waals surface area (Å²) in [4.78, 5) is 0. The van der Waals surface area contributed by atoms with Gasteiger partial charge in [-0.2, -0.15) is 0 Å². The van der Waals surface area contributed by atoms with Crippen molar-refractivity contribution >= 4 is 0 Å². The third kappa shape index (κ3) is 7.79. The Hall–Kier alpha value is -3.56. The molecule has 0 heterocycles. The summed E-state index contributed by atoms with van der Waals surface area (Å²) >= 11 is 0. The molecule has 0 unspecified atom stereocenters. The fourth-order valence-corrected chi connectivity index (χ4v) is 3.33. The minimum Gasteiger partial charge on any atom is -0.491 e. The molecule has 3 aromatic carbocycles. The Bertz CT molecular complexity index is 1200. The van der Waals surface area contributed by atoms with Gasteiger partial charge in [-0.3, -0.25) is 0 Å². The number of aryl methyl sites for hydroxylation is 1. The van der Waals surface area contributed by atoms with Crippen LogP contribution < -0.4 is 4.74 Å². The van der Waals surface area contributed by atoms with E-state index in [1.54, 1.807) is 24.3 Å². The van der Waals surface area contributed by atoms with Crippen LogP contribution in [0.5, 0.6) is 5.75 Å². The Morgan fingerprint density at radius 1 is 0.647 bits per heavy atom. The molecule has 0 aromatic heterocycles. The van der Waals surface area contributed by atoms with Crippen LogP contribution in [0.2, 0.25) is 0 Å². The average molecular weight is 457 g/mol. The summed E-state index contributed by atoms with van der Waals surface area (Å²) in [5, 5.41) is 0. The smallest absolute Gasteiger partial charge is 0.166 e. The van der Waals surface area contributed by atoms with E-state index in [4.69, 9.17) is 4.74 Å². The summed E-state index contributed by atoms with van der Waals surface area (Å²) < 4.78 is 34.1. The maximum absolute atomic E-state index is 14.5. The first-order valence-corrected chi connectivity index (χ1v) is 11.9. The predicted octanol–water partition coefficient (Wildman–Crippen LogP) is 7.68. The molecule has 0 fully saturated rings. The second-order valence-corrected chi connectivity index (χ2v) is 8.20. The normalized spacial score (nSPS) is 10.1. The van der Waals surface area contributed by atoms with Crippen LogP contribution in [0, 0.1) is 35.3 Å². The number of hydrogen-bond acceptors (Lipinski definition) is 1. The number of halogens is 2. The number of benzene rings is 3. The Kier molecular flexibility index (Phi) is 9.75. The van der Waals surface area contributed by atoms with Crippen LogP contribution in [0.15, 0.2) is 60.7 Å². The van der Waals surface area contributed by atoms with Gasteiger partial charge in [0.2, 0.25) is 0 Å². The minimum absolute atomic E-state index is 0.208. The lowest BCUT2D eigenvalue weighted by molar-refractivity contribution is 0.294. The fourth-order valence-electron chi connectivity index (χ4n) is 3.33. The van der Waals surface area contributed by atoms with Gasteiger partial charge >= 0.3 is 0 Å². The fraction of sp³-hybridized carbons (Fsp3) is 0.290. The highest BCUT2D eigenvalue weighted by Gasteiger charge is 2.04. The van der Waals surface area contributed by atoms with Crippen molar-refractivity contribution in [1.29, 1.82) is 0 Å². The first-order chi connectivity index (χ1) is 16.6. The van der Waals surface area contributed by atoms with E-state index in [1.807, 2.05) is 19.1 Å². The molecule has 3 rings (SSSR count). The minimum atomic E-state index is -0.469. The van der Waals surface area contributed by atoms with Gasteiger partial charge in [-0.1, -0.05) is 68.9 Å². The molecule has 0 aliphatic carbocycles. The molecule has 0 radical (unpaired) electrons. The van der Waals surface area contributed by atoms with Gasteiger partial charge in [-0.25, -0.2) is 8.78 Å². The molecule has 0 aliphatic rings. The van der Waals surface area contributed by atoms with Crippen molar-refractivity contribution < 1.29 is 13.5 Å². The zero-order valence-corrected chi connectivity index (χ0v) is 19.9. The summed E-state index contributed by atoms with van der Waals surface area (Å²) in [7, 11) is 0. The van der Waals surface area contributed by atoms with E-state index in [1.165, 1.54) is 37.0 Å². The van der Waals surface area contributed by atoms with Crippen molar-refractivity contribution in [1.82, 2.24) is 0 Å². The third-order valence-electron chi connectivity index (χ3n) is 5.37. The number of hydrogen-bond donors (Lipinski definition) is 0. The maximum atomic E-state index is 14.5. The summed E-state index contributed by atoms with van der Waals surface area (Å²) in [6.45, 7) is 4.72. The Morgan fingerprint density at radius 3 is 1.94 bits per heavy atom. The van der Waals surface area contributed by atoms with Gasteiger partial charge in [-0.05, 0) is 73.4 Å². The quantitative estimate of drug-likeness (QED) is 0.250. The molecule has 3 heteroatoms. The molecule has 0 aliphatic heterocycles. The predicted molar refractivity (Wildman–Crippen MR) is 135 cm³/mol. The molecular formula is C31H30F2O. The van der Waals surface area contributed by atoms with Gasteiger partial charge in [0.25, 0.3) is 0 Å². The van der Waals surface area contributed by atoms with Crippen LogP contribution in [-0.4, -0.2) is 6.61 Å². The molecule has 0 spiro atoms.